The zero-order chi connectivity index (χ0) is 10.9. The fourth-order valence-electron chi connectivity index (χ4n) is 1.10. The third-order valence-electron chi connectivity index (χ3n) is 1.98. The molecule has 0 amide bonds. The van der Waals surface area contributed by atoms with Crippen molar-refractivity contribution in [2.24, 2.45) is 5.73 Å². The SMILES string of the molecule is COc1cc(C(C)(C)N)cc(O)c1F. The fourth-order valence-corrected chi connectivity index (χ4v) is 1.10. The standard InChI is InChI=1S/C10H14FNO2/c1-10(2,12)6-4-7(13)9(11)8(5-6)14-3/h4-5,13H,12H2,1-3H3. The van der Waals surface area contributed by atoms with Crippen molar-refractivity contribution in [3.63, 3.8) is 0 Å². The molecule has 3 N–H and O–H groups in total. The van der Waals surface area contributed by atoms with Gasteiger partial charge in [-0.3, -0.25) is 0 Å². The fraction of sp³-hybridized carbons (Fsp3) is 0.400. The predicted molar refractivity (Wildman–Crippen MR) is 51.8 cm³/mol. The van der Waals surface area contributed by atoms with Crippen LogP contribution < -0.4 is 10.5 Å². The average Bonchev–Trinajstić information content (AvgIpc) is 2.07. The van der Waals surface area contributed by atoms with E-state index in [9.17, 15) is 9.50 Å². The maximum atomic E-state index is 13.2. The second kappa shape index (κ2) is 3.46. The Kier molecular flexibility index (Phi) is 2.66. The minimum atomic E-state index is -0.763. The van der Waals surface area contributed by atoms with Gasteiger partial charge in [0.05, 0.1) is 7.11 Å². The molecule has 14 heavy (non-hydrogen) atoms. The Morgan fingerprint density at radius 2 is 2.00 bits per heavy atom. The summed E-state index contributed by atoms with van der Waals surface area (Å²) < 4.78 is 17.9. The highest BCUT2D eigenvalue weighted by atomic mass is 19.1. The van der Waals surface area contributed by atoms with Crippen molar-refractivity contribution in [1.82, 2.24) is 0 Å². The van der Waals surface area contributed by atoms with Gasteiger partial charge < -0.3 is 15.6 Å². The third kappa shape index (κ3) is 1.96. The van der Waals surface area contributed by atoms with Gasteiger partial charge in [0.15, 0.2) is 11.5 Å². The van der Waals surface area contributed by atoms with Crippen LogP contribution in [0.2, 0.25) is 0 Å². The lowest BCUT2D eigenvalue weighted by atomic mass is 9.95. The predicted octanol–water partition coefficient (Wildman–Crippen LogP) is 1.73. The van der Waals surface area contributed by atoms with Crippen LogP contribution in [0.4, 0.5) is 4.39 Å². The molecule has 3 nitrogen and oxygen atoms in total. The monoisotopic (exact) mass is 199 g/mol. The highest BCUT2D eigenvalue weighted by Crippen LogP contribution is 2.31. The summed E-state index contributed by atoms with van der Waals surface area (Å²) >= 11 is 0. The first-order valence-corrected chi connectivity index (χ1v) is 4.22. The summed E-state index contributed by atoms with van der Waals surface area (Å²) in [7, 11) is 1.34. The minimum absolute atomic E-state index is 0.00137. The Morgan fingerprint density at radius 1 is 1.43 bits per heavy atom. The molecule has 0 unspecified atom stereocenters. The maximum Gasteiger partial charge on any atom is 0.206 e. The number of phenolic OH excluding ortho intramolecular Hbond substituents is 1. The Hall–Kier alpha value is -1.29. The van der Waals surface area contributed by atoms with Gasteiger partial charge >= 0.3 is 0 Å². The van der Waals surface area contributed by atoms with E-state index in [1.807, 2.05) is 0 Å². The molecule has 0 aliphatic carbocycles. The van der Waals surface area contributed by atoms with Crippen LogP contribution in [0.5, 0.6) is 11.5 Å². The van der Waals surface area contributed by atoms with E-state index in [4.69, 9.17) is 10.5 Å². The summed E-state index contributed by atoms with van der Waals surface area (Å²) in [4.78, 5) is 0. The zero-order valence-electron chi connectivity index (χ0n) is 8.47. The summed E-state index contributed by atoms with van der Waals surface area (Å²) in [6.07, 6.45) is 0. The number of methoxy groups -OCH3 is 1. The van der Waals surface area contributed by atoms with E-state index < -0.39 is 17.1 Å². The van der Waals surface area contributed by atoms with Crippen LogP contribution in [0.25, 0.3) is 0 Å². The third-order valence-corrected chi connectivity index (χ3v) is 1.98. The van der Waals surface area contributed by atoms with E-state index in [0.717, 1.165) is 0 Å². The number of nitrogens with two attached hydrogens (primary N) is 1. The normalized spacial score (nSPS) is 11.5. The van der Waals surface area contributed by atoms with Crippen LogP contribution >= 0.6 is 0 Å². The number of ether oxygens (including phenoxy) is 1. The van der Waals surface area contributed by atoms with Crippen LogP contribution in [0.3, 0.4) is 0 Å². The zero-order valence-corrected chi connectivity index (χ0v) is 8.47. The number of benzene rings is 1. The number of rotatable bonds is 2. The van der Waals surface area contributed by atoms with Gasteiger partial charge in [-0.05, 0) is 31.5 Å². The van der Waals surface area contributed by atoms with Crippen molar-refractivity contribution in [2.75, 3.05) is 7.11 Å². The van der Waals surface area contributed by atoms with Gasteiger partial charge in [0.25, 0.3) is 0 Å². The van der Waals surface area contributed by atoms with E-state index >= 15 is 0 Å². The largest absolute Gasteiger partial charge is 0.505 e. The highest BCUT2D eigenvalue weighted by molar-refractivity contribution is 5.41. The molecule has 1 rings (SSSR count). The second-order valence-corrected chi connectivity index (χ2v) is 3.73. The van der Waals surface area contributed by atoms with Gasteiger partial charge in [-0.15, -0.1) is 0 Å². The molecule has 1 aromatic carbocycles. The number of halogens is 1. The first kappa shape index (κ1) is 10.8. The van der Waals surface area contributed by atoms with Gasteiger partial charge in [-0.25, -0.2) is 0 Å². The lowest BCUT2D eigenvalue weighted by molar-refractivity contribution is 0.361. The molecule has 1 aromatic rings. The first-order valence-electron chi connectivity index (χ1n) is 4.22. The van der Waals surface area contributed by atoms with Crippen molar-refractivity contribution >= 4 is 0 Å². The molecule has 0 radical (unpaired) electrons. The van der Waals surface area contributed by atoms with E-state index in [-0.39, 0.29) is 5.75 Å². The Morgan fingerprint density at radius 3 is 2.43 bits per heavy atom. The van der Waals surface area contributed by atoms with Crippen molar-refractivity contribution in [1.29, 1.82) is 0 Å². The number of hydrogen-bond donors (Lipinski definition) is 2. The Balaban J connectivity index is 3.30. The molecule has 4 heteroatoms. The molecule has 0 fully saturated rings. The summed E-state index contributed by atoms with van der Waals surface area (Å²) in [5, 5.41) is 9.26. The highest BCUT2D eigenvalue weighted by Gasteiger charge is 2.19. The molecule has 0 bridgehead atoms. The molecule has 0 heterocycles. The van der Waals surface area contributed by atoms with Crippen LogP contribution in [-0.2, 0) is 5.54 Å². The van der Waals surface area contributed by atoms with Crippen molar-refractivity contribution in [2.45, 2.75) is 19.4 Å². The first-order chi connectivity index (χ1) is 6.36. The quantitative estimate of drug-likeness (QED) is 0.762. The number of hydrogen-bond acceptors (Lipinski definition) is 3. The molecule has 0 aliphatic heterocycles. The van der Waals surface area contributed by atoms with E-state index in [0.29, 0.717) is 5.56 Å². The molecule has 0 spiro atoms. The summed E-state index contributed by atoms with van der Waals surface area (Å²) in [5.41, 5.74) is 5.79. The summed E-state index contributed by atoms with van der Waals surface area (Å²) in [6.45, 7) is 3.53. The van der Waals surface area contributed by atoms with Crippen LogP contribution in [-0.4, -0.2) is 12.2 Å². The lowest BCUT2D eigenvalue weighted by Crippen LogP contribution is -2.28. The molecule has 78 valence electrons. The molecule has 0 saturated heterocycles. The van der Waals surface area contributed by atoms with Gasteiger partial charge in [0, 0.05) is 5.54 Å². The molecule has 0 saturated carbocycles. The Labute approximate surface area is 82.3 Å². The van der Waals surface area contributed by atoms with Gasteiger partial charge in [0.1, 0.15) is 0 Å². The smallest absolute Gasteiger partial charge is 0.206 e. The number of aromatic hydroxyl groups is 1. The van der Waals surface area contributed by atoms with Crippen LogP contribution in [0, 0.1) is 5.82 Å². The molecule has 0 aliphatic rings. The van der Waals surface area contributed by atoms with E-state index in [1.165, 1.54) is 19.2 Å². The molecule has 0 aromatic heterocycles. The lowest BCUT2D eigenvalue weighted by Gasteiger charge is -2.20. The molecular formula is C10H14FNO2. The maximum absolute atomic E-state index is 13.2. The average molecular weight is 199 g/mol. The van der Waals surface area contributed by atoms with Gasteiger partial charge in [-0.1, -0.05) is 0 Å². The van der Waals surface area contributed by atoms with E-state index in [1.54, 1.807) is 13.8 Å². The van der Waals surface area contributed by atoms with Gasteiger partial charge in [0.2, 0.25) is 5.82 Å². The summed E-state index contributed by atoms with van der Waals surface area (Å²) in [5.74, 6) is -1.21. The van der Waals surface area contributed by atoms with E-state index in [2.05, 4.69) is 0 Å². The number of phenols is 1. The van der Waals surface area contributed by atoms with Crippen molar-refractivity contribution in [3.05, 3.63) is 23.5 Å². The molecular weight excluding hydrogens is 185 g/mol. The van der Waals surface area contributed by atoms with Crippen molar-refractivity contribution in [3.8, 4) is 11.5 Å². The van der Waals surface area contributed by atoms with Crippen LogP contribution in [0.1, 0.15) is 19.4 Å². The van der Waals surface area contributed by atoms with Crippen molar-refractivity contribution < 1.29 is 14.2 Å². The molecule has 0 atom stereocenters. The minimum Gasteiger partial charge on any atom is -0.505 e. The second-order valence-electron chi connectivity index (χ2n) is 3.73. The topological polar surface area (TPSA) is 55.5 Å². The summed E-state index contributed by atoms with van der Waals surface area (Å²) in [6, 6.07) is 2.78. The Bertz CT molecular complexity index is 345. The van der Waals surface area contributed by atoms with Gasteiger partial charge in [-0.2, -0.15) is 4.39 Å². The van der Waals surface area contributed by atoms with Crippen LogP contribution in [0.15, 0.2) is 12.1 Å².